The van der Waals surface area contributed by atoms with Crippen molar-refractivity contribution in [2.24, 2.45) is 0 Å². The zero-order valence-electron chi connectivity index (χ0n) is 32.1. The van der Waals surface area contributed by atoms with E-state index >= 15 is 0 Å². The van der Waals surface area contributed by atoms with E-state index in [0.717, 1.165) is 143 Å². The van der Waals surface area contributed by atoms with Gasteiger partial charge < -0.3 is 48.1 Å². The van der Waals surface area contributed by atoms with Crippen molar-refractivity contribution < 1.29 is 48.1 Å². The summed E-state index contributed by atoms with van der Waals surface area (Å²) in [6.07, 6.45) is 15.1. The number of epoxide rings is 5. The highest BCUT2D eigenvalue weighted by Crippen LogP contribution is 2.31. The largest absolute Gasteiger partial charge is 0.392 e. The summed E-state index contributed by atoms with van der Waals surface area (Å²) in [5.41, 5.74) is 0. The van der Waals surface area contributed by atoms with Crippen LogP contribution < -0.4 is 0 Å². The van der Waals surface area contributed by atoms with Crippen molar-refractivity contribution in [1.82, 2.24) is 14.7 Å². The van der Waals surface area contributed by atoms with E-state index in [4.69, 9.17) is 37.9 Å². The third-order valence-corrected chi connectivity index (χ3v) is 13.0. The second-order valence-corrected chi connectivity index (χ2v) is 17.6. The van der Waals surface area contributed by atoms with Crippen LogP contribution in [0.1, 0.15) is 83.5 Å². The number of aliphatic hydroxyl groups is 2. The van der Waals surface area contributed by atoms with Gasteiger partial charge in [-0.25, -0.2) is 0 Å². The van der Waals surface area contributed by atoms with E-state index in [1.807, 2.05) is 0 Å². The lowest BCUT2D eigenvalue weighted by atomic mass is 9.91. The molecule has 8 aliphatic rings. The maximum Gasteiger partial charge on any atom is 0.101 e. The zero-order valence-corrected chi connectivity index (χ0v) is 32.1. The normalized spacial score (nSPS) is 39.0. The standard InChI is InChI=1S/C40H69N3O10/c44-31(13-14-46-33-7-1-29(2-8-33)42(17-37-24-50-37)18-38-25-51-38)15-41(16-36-23-49-36)28-3-9-34(10-4-28)47-21-32(45)22-48-35-11-5-30(6-12-35)43(19-39-26-52-39)20-40-27-53-40/h28-40,44-45H,1-27H2. The topological polar surface area (TPSA) is 141 Å². The predicted octanol–water partition coefficient (Wildman–Crippen LogP) is 1.98. The lowest BCUT2D eigenvalue weighted by Crippen LogP contribution is -2.45. The average Bonchev–Trinajstić information content (AvgIpc) is 3.96. The van der Waals surface area contributed by atoms with Crippen molar-refractivity contribution in [3.63, 3.8) is 0 Å². The van der Waals surface area contributed by atoms with Crippen LogP contribution in [0.5, 0.6) is 0 Å². The van der Waals surface area contributed by atoms with Gasteiger partial charge in [-0.1, -0.05) is 0 Å². The Hall–Kier alpha value is -0.520. The van der Waals surface area contributed by atoms with Crippen LogP contribution >= 0.6 is 0 Å². The van der Waals surface area contributed by atoms with Gasteiger partial charge in [0.05, 0.1) is 101 Å². The van der Waals surface area contributed by atoms with E-state index < -0.39 is 12.2 Å². The number of ether oxygens (including phenoxy) is 8. The average molecular weight is 752 g/mol. The Bertz CT molecular complexity index is 1040. The van der Waals surface area contributed by atoms with Crippen LogP contribution in [0.3, 0.4) is 0 Å². The van der Waals surface area contributed by atoms with Gasteiger partial charge in [-0.15, -0.1) is 0 Å². The van der Waals surface area contributed by atoms with Crippen molar-refractivity contribution >= 4 is 0 Å². The van der Waals surface area contributed by atoms with Gasteiger partial charge in [-0.2, -0.15) is 0 Å². The van der Waals surface area contributed by atoms with E-state index in [0.29, 0.717) is 87.5 Å². The Balaban J connectivity index is 0.675. The number of aliphatic hydroxyl groups excluding tert-OH is 2. The van der Waals surface area contributed by atoms with E-state index in [9.17, 15) is 10.2 Å². The van der Waals surface area contributed by atoms with Gasteiger partial charge in [0.25, 0.3) is 0 Å². The summed E-state index contributed by atoms with van der Waals surface area (Å²) in [4.78, 5) is 7.64. The molecule has 7 atom stereocenters. The predicted molar refractivity (Wildman–Crippen MR) is 196 cm³/mol. The minimum atomic E-state index is -0.601. The molecular weight excluding hydrogens is 682 g/mol. The summed E-state index contributed by atoms with van der Waals surface area (Å²) in [7, 11) is 0. The Kier molecular flexibility index (Phi) is 14.3. The van der Waals surface area contributed by atoms with Gasteiger partial charge in [-0.05, 0) is 83.5 Å². The molecule has 8 rings (SSSR count). The fraction of sp³-hybridized carbons (Fsp3) is 1.00. The summed E-state index contributed by atoms with van der Waals surface area (Å²) >= 11 is 0. The molecule has 0 spiro atoms. The van der Waals surface area contributed by atoms with Crippen molar-refractivity contribution in [2.75, 3.05) is 92.1 Å². The molecule has 0 radical (unpaired) electrons. The first-order valence-electron chi connectivity index (χ1n) is 21.5. The molecule has 0 bridgehead atoms. The molecule has 304 valence electrons. The molecular formula is C40H69N3O10. The Morgan fingerprint density at radius 3 is 1.11 bits per heavy atom. The molecule has 0 aromatic carbocycles. The molecule has 13 heteroatoms. The van der Waals surface area contributed by atoms with Gasteiger partial charge in [0.2, 0.25) is 0 Å². The van der Waals surface area contributed by atoms with Crippen molar-refractivity contribution in [1.29, 1.82) is 0 Å². The first-order valence-corrected chi connectivity index (χ1v) is 21.5. The van der Waals surface area contributed by atoms with Crippen LogP contribution in [0.25, 0.3) is 0 Å². The van der Waals surface area contributed by atoms with Crippen LogP contribution in [-0.4, -0.2) is 196 Å². The maximum atomic E-state index is 11.1. The third kappa shape index (κ3) is 13.5. The molecule has 5 heterocycles. The molecule has 13 nitrogen and oxygen atoms in total. The Morgan fingerprint density at radius 1 is 0.434 bits per heavy atom. The van der Waals surface area contributed by atoms with Crippen LogP contribution in [0, 0.1) is 0 Å². The SMILES string of the molecule is OC(COC1CCC(N(CC(O)CCOC2CCC(N(CC3CO3)CC3CO3)CC2)CC2CO2)CC1)COC1CCC(N(CC2CO2)CC2CO2)CC1. The van der Waals surface area contributed by atoms with Gasteiger partial charge in [-0.3, -0.25) is 14.7 Å². The van der Waals surface area contributed by atoms with E-state index in [1.165, 1.54) is 0 Å². The summed E-state index contributed by atoms with van der Waals surface area (Å²) in [5, 5.41) is 21.8. The number of hydrogen-bond acceptors (Lipinski definition) is 13. The Labute approximate surface area is 317 Å². The van der Waals surface area contributed by atoms with Gasteiger partial charge in [0.1, 0.15) is 6.10 Å². The molecule has 0 amide bonds. The van der Waals surface area contributed by atoms with Crippen molar-refractivity contribution in [3.8, 4) is 0 Å². The molecule has 0 aromatic rings. The smallest absolute Gasteiger partial charge is 0.101 e. The van der Waals surface area contributed by atoms with Gasteiger partial charge in [0, 0.05) is 64.0 Å². The first-order chi connectivity index (χ1) is 26.0. The minimum absolute atomic E-state index is 0.164. The van der Waals surface area contributed by atoms with E-state index in [-0.39, 0.29) is 12.2 Å². The lowest BCUT2D eigenvalue weighted by molar-refractivity contribution is -0.0808. The second kappa shape index (κ2) is 19.3. The first kappa shape index (κ1) is 39.3. The monoisotopic (exact) mass is 751 g/mol. The zero-order chi connectivity index (χ0) is 36.0. The molecule has 53 heavy (non-hydrogen) atoms. The summed E-state index contributed by atoms with van der Waals surface area (Å²) in [5.74, 6) is 0. The van der Waals surface area contributed by atoms with Crippen LogP contribution in [-0.2, 0) is 37.9 Å². The quantitative estimate of drug-likeness (QED) is 0.132. The van der Waals surface area contributed by atoms with Crippen LogP contribution in [0.2, 0.25) is 0 Å². The van der Waals surface area contributed by atoms with Crippen LogP contribution in [0.15, 0.2) is 0 Å². The molecule has 2 N–H and O–H groups in total. The van der Waals surface area contributed by atoms with Crippen molar-refractivity contribution in [3.05, 3.63) is 0 Å². The molecule has 3 aliphatic carbocycles. The fourth-order valence-corrected chi connectivity index (χ4v) is 9.30. The molecule has 5 aliphatic heterocycles. The lowest BCUT2D eigenvalue weighted by Gasteiger charge is -2.38. The fourth-order valence-electron chi connectivity index (χ4n) is 9.30. The third-order valence-electron chi connectivity index (χ3n) is 13.0. The highest BCUT2D eigenvalue weighted by Gasteiger charge is 2.38. The highest BCUT2D eigenvalue weighted by atomic mass is 16.6. The van der Waals surface area contributed by atoms with Gasteiger partial charge in [0.15, 0.2) is 0 Å². The molecule has 3 saturated carbocycles. The Morgan fingerprint density at radius 2 is 0.755 bits per heavy atom. The maximum absolute atomic E-state index is 11.1. The number of rotatable bonds is 25. The highest BCUT2D eigenvalue weighted by molar-refractivity contribution is 4.90. The number of hydrogen-bond donors (Lipinski definition) is 2. The van der Waals surface area contributed by atoms with E-state index in [1.54, 1.807) is 0 Å². The van der Waals surface area contributed by atoms with Gasteiger partial charge >= 0.3 is 0 Å². The molecule has 7 unspecified atom stereocenters. The molecule has 5 saturated heterocycles. The summed E-state index contributed by atoms with van der Waals surface area (Å²) in [6, 6.07) is 1.60. The number of nitrogens with zero attached hydrogens (tertiary/aromatic N) is 3. The molecule has 0 aromatic heterocycles. The molecule has 8 fully saturated rings. The van der Waals surface area contributed by atoms with E-state index in [2.05, 4.69) is 14.7 Å². The van der Waals surface area contributed by atoms with Crippen molar-refractivity contribution in [2.45, 2.75) is 163 Å². The summed E-state index contributed by atoms with van der Waals surface area (Å²) in [6.45, 7) is 11.3. The summed E-state index contributed by atoms with van der Waals surface area (Å²) < 4.78 is 46.4. The minimum Gasteiger partial charge on any atom is -0.392 e. The van der Waals surface area contributed by atoms with Crippen LogP contribution in [0.4, 0.5) is 0 Å². The second-order valence-electron chi connectivity index (χ2n) is 17.6.